The van der Waals surface area contributed by atoms with E-state index in [0.29, 0.717) is 0 Å². The lowest BCUT2D eigenvalue weighted by molar-refractivity contribution is -0.231. The highest BCUT2D eigenvalue weighted by atomic mass is 16.7. The average molecular weight is 173 g/mol. The first kappa shape index (κ1) is 9.96. The van der Waals surface area contributed by atoms with E-state index in [2.05, 4.69) is 11.8 Å². The van der Waals surface area contributed by atoms with Gasteiger partial charge in [0.05, 0.1) is 6.54 Å². The van der Waals surface area contributed by atoms with E-state index < -0.39 is 0 Å². The Hall–Kier alpha value is -0.120. The minimum atomic E-state index is -0.339. The number of methoxy groups -OCH3 is 2. The maximum atomic E-state index is 5.40. The molecule has 1 aliphatic heterocycles. The smallest absolute Gasteiger partial charge is 0.180 e. The minimum absolute atomic E-state index is 0.339. The quantitative estimate of drug-likeness (QED) is 0.596. The van der Waals surface area contributed by atoms with E-state index in [1.165, 1.54) is 6.54 Å². The van der Waals surface area contributed by atoms with E-state index in [4.69, 9.17) is 9.47 Å². The van der Waals surface area contributed by atoms with E-state index >= 15 is 0 Å². The number of hydrogen-bond acceptors (Lipinski definition) is 3. The second kappa shape index (κ2) is 4.21. The number of nitrogens with zero attached hydrogens (tertiary/aromatic N) is 1. The number of ether oxygens (including phenoxy) is 2. The summed E-state index contributed by atoms with van der Waals surface area (Å²) in [5, 5.41) is 0. The molecule has 0 aliphatic carbocycles. The van der Waals surface area contributed by atoms with Crippen molar-refractivity contribution < 1.29 is 9.47 Å². The summed E-state index contributed by atoms with van der Waals surface area (Å²) in [6.07, 6.45) is 2.17. The van der Waals surface area contributed by atoms with Gasteiger partial charge in [0.15, 0.2) is 5.79 Å². The van der Waals surface area contributed by atoms with Crippen molar-refractivity contribution >= 4 is 0 Å². The lowest BCUT2D eigenvalue weighted by atomic mass is 10.0. The van der Waals surface area contributed by atoms with Crippen molar-refractivity contribution in [2.24, 2.45) is 0 Å². The topological polar surface area (TPSA) is 21.7 Å². The summed E-state index contributed by atoms with van der Waals surface area (Å²) < 4.78 is 10.8. The molecule has 0 amide bonds. The Morgan fingerprint density at radius 1 is 1.33 bits per heavy atom. The van der Waals surface area contributed by atoms with Gasteiger partial charge in [-0.05, 0) is 19.5 Å². The van der Waals surface area contributed by atoms with Gasteiger partial charge in [0.2, 0.25) is 0 Å². The molecule has 1 fully saturated rings. The summed E-state index contributed by atoms with van der Waals surface area (Å²) in [4.78, 5) is 2.36. The van der Waals surface area contributed by atoms with Crippen LogP contribution in [0.15, 0.2) is 0 Å². The normalized spacial score (nSPS) is 24.2. The van der Waals surface area contributed by atoms with Crippen LogP contribution in [-0.2, 0) is 9.47 Å². The van der Waals surface area contributed by atoms with Crippen molar-refractivity contribution in [3.05, 3.63) is 0 Å². The van der Waals surface area contributed by atoms with Gasteiger partial charge in [0.25, 0.3) is 0 Å². The van der Waals surface area contributed by atoms with Gasteiger partial charge in [-0.2, -0.15) is 0 Å². The molecule has 0 radical (unpaired) electrons. The number of piperidine rings is 1. The van der Waals surface area contributed by atoms with Gasteiger partial charge in [0.1, 0.15) is 0 Å². The zero-order chi connectivity index (χ0) is 9.03. The van der Waals surface area contributed by atoms with Crippen molar-refractivity contribution in [1.82, 2.24) is 4.90 Å². The zero-order valence-corrected chi connectivity index (χ0v) is 8.30. The highest BCUT2D eigenvalue weighted by molar-refractivity contribution is 4.79. The Balaban J connectivity index is 2.52. The van der Waals surface area contributed by atoms with Gasteiger partial charge in [0, 0.05) is 20.6 Å². The highest BCUT2D eigenvalue weighted by Gasteiger charge is 2.34. The summed E-state index contributed by atoms with van der Waals surface area (Å²) in [7, 11) is 3.45. The van der Waals surface area contributed by atoms with Crippen LogP contribution in [0.4, 0.5) is 0 Å². The average Bonchev–Trinajstić information content (AvgIpc) is 2.18. The summed E-state index contributed by atoms with van der Waals surface area (Å²) in [5.41, 5.74) is 0. The first-order chi connectivity index (χ1) is 5.76. The third kappa shape index (κ3) is 1.97. The molecule has 0 unspecified atom stereocenters. The SMILES string of the molecule is CCN1CCCC(OC)(OC)C1. The molecule has 0 saturated carbocycles. The third-order valence-corrected chi connectivity index (χ3v) is 2.69. The molecule has 1 heterocycles. The summed E-state index contributed by atoms with van der Waals surface area (Å²) in [5.74, 6) is -0.339. The molecule has 3 nitrogen and oxygen atoms in total. The van der Waals surface area contributed by atoms with Crippen LogP contribution in [0, 0.1) is 0 Å². The molecule has 1 rings (SSSR count). The zero-order valence-electron chi connectivity index (χ0n) is 8.30. The minimum Gasteiger partial charge on any atom is -0.352 e. The van der Waals surface area contributed by atoms with Crippen molar-refractivity contribution in [2.75, 3.05) is 33.9 Å². The van der Waals surface area contributed by atoms with E-state index in [9.17, 15) is 0 Å². The highest BCUT2D eigenvalue weighted by Crippen LogP contribution is 2.24. The van der Waals surface area contributed by atoms with Gasteiger partial charge in [-0.3, -0.25) is 4.90 Å². The first-order valence-electron chi connectivity index (χ1n) is 4.59. The fourth-order valence-electron chi connectivity index (χ4n) is 1.76. The Morgan fingerprint density at radius 2 is 2.00 bits per heavy atom. The van der Waals surface area contributed by atoms with Crippen LogP contribution >= 0.6 is 0 Å². The summed E-state index contributed by atoms with van der Waals surface area (Å²) in [6.45, 7) is 5.32. The third-order valence-electron chi connectivity index (χ3n) is 2.69. The predicted molar refractivity (Wildman–Crippen MR) is 48.1 cm³/mol. The number of hydrogen-bond donors (Lipinski definition) is 0. The van der Waals surface area contributed by atoms with E-state index in [1.54, 1.807) is 14.2 Å². The molecule has 0 atom stereocenters. The van der Waals surface area contributed by atoms with E-state index in [1.807, 2.05) is 0 Å². The number of likely N-dealkylation sites (tertiary alicyclic amines) is 1. The largest absolute Gasteiger partial charge is 0.352 e. The molecule has 1 aliphatic rings. The van der Waals surface area contributed by atoms with Crippen molar-refractivity contribution in [2.45, 2.75) is 25.6 Å². The van der Waals surface area contributed by atoms with Crippen molar-refractivity contribution in [3.8, 4) is 0 Å². The lowest BCUT2D eigenvalue weighted by Gasteiger charge is -2.40. The monoisotopic (exact) mass is 173 g/mol. The molecular weight excluding hydrogens is 154 g/mol. The molecule has 1 saturated heterocycles. The Labute approximate surface area is 74.6 Å². The second-order valence-corrected chi connectivity index (χ2v) is 3.29. The van der Waals surface area contributed by atoms with Crippen LogP contribution in [0.1, 0.15) is 19.8 Å². The van der Waals surface area contributed by atoms with Gasteiger partial charge in [-0.25, -0.2) is 0 Å². The van der Waals surface area contributed by atoms with Crippen LogP contribution in [0.2, 0.25) is 0 Å². The van der Waals surface area contributed by atoms with Crippen molar-refractivity contribution in [3.63, 3.8) is 0 Å². The fourth-order valence-corrected chi connectivity index (χ4v) is 1.76. The fraction of sp³-hybridized carbons (Fsp3) is 1.00. The van der Waals surface area contributed by atoms with Crippen LogP contribution in [-0.4, -0.2) is 44.5 Å². The summed E-state index contributed by atoms with van der Waals surface area (Å²) >= 11 is 0. The molecule has 0 bridgehead atoms. The predicted octanol–water partition coefficient (Wildman–Crippen LogP) is 1.09. The van der Waals surface area contributed by atoms with Crippen LogP contribution in [0.25, 0.3) is 0 Å². The van der Waals surface area contributed by atoms with Gasteiger partial charge >= 0.3 is 0 Å². The maximum Gasteiger partial charge on any atom is 0.180 e. The molecule has 72 valence electrons. The number of likely N-dealkylation sites (N-methyl/N-ethyl adjacent to an activating group) is 1. The Morgan fingerprint density at radius 3 is 2.50 bits per heavy atom. The first-order valence-corrected chi connectivity index (χ1v) is 4.59. The molecule has 12 heavy (non-hydrogen) atoms. The van der Waals surface area contributed by atoms with E-state index in [0.717, 1.165) is 25.9 Å². The van der Waals surface area contributed by atoms with Gasteiger partial charge in [-0.1, -0.05) is 6.92 Å². The number of rotatable bonds is 3. The van der Waals surface area contributed by atoms with Crippen LogP contribution in [0.5, 0.6) is 0 Å². The van der Waals surface area contributed by atoms with Gasteiger partial charge in [-0.15, -0.1) is 0 Å². The molecule has 0 aromatic rings. The molecule has 0 N–H and O–H groups in total. The Kier molecular flexibility index (Phi) is 3.50. The molecule has 0 aromatic carbocycles. The standard InChI is InChI=1S/C9H19NO2/c1-4-10-7-5-6-9(8-10,11-2)12-3/h4-8H2,1-3H3. The molecule has 0 aromatic heterocycles. The van der Waals surface area contributed by atoms with Crippen LogP contribution < -0.4 is 0 Å². The molecule has 3 heteroatoms. The Bertz CT molecular complexity index is 134. The molecular formula is C9H19NO2. The second-order valence-electron chi connectivity index (χ2n) is 3.29. The van der Waals surface area contributed by atoms with Crippen LogP contribution in [0.3, 0.4) is 0 Å². The summed E-state index contributed by atoms with van der Waals surface area (Å²) in [6, 6.07) is 0. The maximum absolute atomic E-state index is 5.40. The molecule has 0 spiro atoms. The lowest BCUT2D eigenvalue weighted by Crippen LogP contribution is -2.50. The van der Waals surface area contributed by atoms with Gasteiger partial charge < -0.3 is 9.47 Å². The van der Waals surface area contributed by atoms with Crippen molar-refractivity contribution in [1.29, 1.82) is 0 Å². The van der Waals surface area contributed by atoms with E-state index in [-0.39, 0.29) is 5.79 Å².